The molecule has 1 aromatic carbocycles. The second-order valence-corrected chi connectivity index (χ2v) is 6.21. The lowest BCUT2D eigenvalue weighted by Gasteiger charge is -2.35. The maximum atomic E-state index is 12.5. The predicted octanol–water partition coefficient (Wildman–Crippen LogP) is 3.71. The smallest absolute Gasteiger partial charge is 0.305 e. The van der Waals surface area contributed by atoms with Crippen molar-refractivity contribution in [2.75, 3.05) is 6.54 Å². The van der Waals surface area contributed by atoms with E-state index >= 15 is 0 Å². The van der Waals surface area contributed by atoms with Crippen molar-refractivity contribution in [3.8, 4) is 0 Å². The van der Waals surface area contributed by atoms with Crippen molar-refractivity contribution in [1.82, 2.24) is 4.90 Å². The molecular formula is C14H17Cl2NO3. The van der Waals surface area contributed by atoms with E-state index < -0.39 is 11.5 Å². The number of nitrogens with zero attached hydrogens (tertiary/aromatic N) is 1. The van der Waals surface area contributed by atoms with E-state index in [0.717, 1.165) is 0 Å². The summed E-state index contributed by atoms with van der Waals surface area (Å²) >= 11 is 11.7. The van der Waals surface area contributed by atoms with Gasteiger partial charge in [-0.3, -0.25) is 9.59 Å². The van der Waals surface area contributed by atoms with E-state index in [9.17, 15) is 9.59 Å². The minimum atomic E-state index is -0.943. The molecule has 20 heavy (non-hydrogen) atoms. The molecule has 1 rings (SSSR count). The molecule has 0 saturated carbocycles. The molecule has 6 heteroatoms. The number of halogens is 2. The van der Waals surface area contributed by atoms with Crippen LogP contribution < -0.4 is 0 Å². The van der Waals surface area contributed by atoms with Gasteiger partial charge in [0, 0.05) is 17.6 Å². The van der Waals surface area contributed by atoms with Gasteiger partial charge in [-0.15, -0.1) is 0 Å². The highest BCUT2D eigenvalue weighted by atomic mass is 35.5. The van der Waals surface area contributed by atoms with Gasteiger partial charge in [0.2, 0.25) is 0 Å². The molecule has 1 N–H and O–H groups in total. The van der Waals surface area contributed by atoms with Gasteiger partial charge in [-0.2, -0.15) is 0 Å². The number of hydrogen-bond acceptors (Lipinski definition) is 2. The number of carboxylic acids is 1. The Labute approximate surface area is 128 Å². The summed E-state index contributed by atoms with van der Waals surface area (Å²) < 4.78 is 0. The Balaban J connectivity index is 3.03. The molecule has 0 heterocycles. The zero-order chi connectivity index (χ0) is 15.5. The van der Waals surface area contributed by atoms with Crippen LogP contribution in [0.1, 0.15) is 37.6 Å². The third-order valence-corrected chi connectivity index (χ3v) is 3.51. The van der Waals surface area contributed by atoms with Gasteiger partial charge in [-0.1, -0.05) is 23.2 Å². The first-order chi connectivity index (χ1) is 9.12. The molecule has 0 fully saturated rings. The molecule has 0 aliphatic rings. The summed E-state index contributed by atoms with van der Waals surface area (Å²) in [5.41, 5.74) is -0.0988. The first-order valence-electron chi connectivity index (χ1n) is 6.11. The fourth-order valence-electron chi connectivity index (χ4n) is 1.73. The van der Waals surface area contributed by atoms with E-state index in [1.807, 2.05) is 20.8 Å². The Kier molecular flexibility index (Phi) is 5.42. The quantitative estimate of drug-likeness (QED) is 0.921. The van der Waals surface area contributed by atoms with Crippen molar-refractivity contribution in [3.63, 3.8) is 0 Å². The molecule has 110 valence electrons. The largest absolute Gasteiger partial charge is 0.481 e. The summed E-state index contributed by atoms with van der Waals surface area (Å²) in [5, 5.41) is 9.45. The highest BCUT2D eigenvalue weighted by molar-refractivity contribution is 6.42. The van der Waals surface area contributed by atoms with Gasteiger partial charge in [0.25, 0.3) is 5.91 Å². The standard InChI is InChI=1S/C14H17Cl2NO3/c1-14(2,3)17(7-6-12(18)19)13(20)9-4-5-10(15)11(16)8-9/h4-5,8H,6-7H2,1-3H3,(H,18,19). The SMILES string of the molecule is CC(C)(C)N(CCC(=O)O)C(=O)c1ccc(Cl)c(Cl)c1. The van der Waals surface area contributed by atoms with Crippen molar-refractivity contribution in [1.29, 1.82) is 0 Å². The molecular weight excluding hydrogens is 301 g/mol. The molecule has 0 aliphatic heterocycles. The number of carbonyl (C=O) groups is 2. The van der Waals surface area contributed by atoms with Crippen molar-refractivity contribution < 1.29 is 14.7 Å². The summed E-state index contributed by atoms with van der Waals surface area (Å²) in [6, 6.07) is 4.62. The van der Waals surface area contributed by atoms with E-state index in [1.54, 1.807) is 12.1 Å². The Bertz CT molecular complexity index is 524. The van der Waals surface area contributed by atoms with Crippen molar-refractivity contribution in [3.05, 3.63) is 33.8 Å². The zero-order valence-electron chi connectivity index (χ0n) is 11.6. The molecule has 4 nitrogen and oxygen atoms in total. The van der Waals surface area contributed by atoms with Crippen LogP contribution in [0.25, 0.3) is 0 Å². The lowest BCUT2D eigenvalue weighted by Crippen LogP contribution is -2.46. The number of amides is 1. The van der Waals surface area contributed by atoms with Crippen LogP contribution in [0.3, 0.4) is 0 Å². The Morgan fingerprint density at radius 1 is 1.20 bits per heavy atom. The van der Waals surface area contributed by atoms with Gasteiger partial charge in [-0.05, 0) is 39.0 Å². The number of carboxylic acid groups (broad SMARTS) is 1. The maximum absolute atomic E-state index is 12.5. The minimum Gasteiger partial charge on any atom is -0.481 e. The normalized spacial score (nSPS) is 11.2. The summed E-state index contributed by atoms with van der Waals surface area (Å²) in [7, 11) is 0. The Morgan fingerprint density at radius 3 is 2.25 bits per heavy atom. The number of aliphatic carboxylic acids is 1. The molecule has 0 unspecified atom stereocenters. The molecule has 1 aromatic rings. The topological polar surface area (TPSA) is 57.6 Å². The van der Waals surface area contributed by atoms with Gasteiger partial charge in [0.1, 0.15) is 0 Å². The summed E-state index contributed by atoms with van der Waals surface area (Å²) in [5.74, 6) is -1.21. The molecule has 0 aromatic heterocycles. The van der Waals surface area contributed by atoms with Gasteiger partial charge >= 0.3 is 5.97 Å². The van der Waals surface area contributed by atoms with Gasteiger partial charge in [-0.25, -0.2) is 0 Å². The fraction of sp³-hybridized carbons (Fsp3) is 0.429. The maximum Gasteiger partial charge on any atom is 0.305 e. The fourth-order valence-corrected chi connectivity index (χ4v) is 2.03. The number of benzene rings is 1. The van der Waals surface area contributed by atoms with Crippen LogP contribution in [0.4, 0.5) is 0 Å². The van der Waals surface area contributed by atoms with Crippen LogP contribution in [-0.4, -0.2) is 34.0 Å². The molecule has 1 amide bonds. The molecule has 0 spiro atoms. The third kappa shape index (κ3) is 4.39. The molecule has 0 atom stereocenters. The van der Waals surface area contributed by atoms with Crippen LogP contribution in [0.2, 0.25) is 10.0 Å². The average molecular weight is 318 g/mol. The van der Waals surface area contributed by atoms with Crippen molar-refractivity contribution in [2.45, 2.75) is 32.7 Å². The van der Waals surface area contributed by atoms with Crippen LogP contribution in [0.15, 0.2) is 18.2 Å². The van der Waals surface area contributed by atoms with Gasteiger partial charge in [0.15, 0.2) is 0 Å². The summed E-state index contributed by atoms with van der Waals surface area (Å²) in [6.45, 7) is 5.69. The van der Waals surface area contributed by atoms with E-state index in [-0.39, 0.29) is 18.9 Å². The molecule has 0 radical (unpaired) electrons. The molecule has 0 bridgehead atoms. The first kappa shape index (κ1) is 16.8. The average Bonchev–Trinajstić information content (AvgIpc) is 2.30. The van der Waals surface area contributed by atoms with Crippen LogP contribution in [-0.2, 0) is 4.79 Å². The predicted molar refractivity (Wildman–Crippen MR) is 79.5 cm³/mol. The second kappa shape index (κ2) is 6.46. The summed E-state index contributed by atoms with van der Waals surface area (Å²) in [4.78, 5) is 24.7. The van der Waals surface area contributed by atoms with Gasteiger partial charge < -0.3 is 10.0 Å². The Hall–Kier alpha value is -1.26. The number of rotatable bonds is 4. The van der Waals surface area contributed by atoms with E-state index in [0.29, 0.717) is 15.6 Å². The second-order valence-electron chi connectivity index (χ2n) is 5.40. The molecule has 0 aliphatic carbocycles. The molecule has 0 saturated heterocycles. The third-order valence-electron chi connectivity index (χ3n) is 2.77. The van der Waals surface area contributed by atoms with E-state index in [1.165, 1.54) is 11.0 Å². The Morgan fingerprint density at radius 2 is 1.80 bits per heavy atom. The van der Waals surface area contributed by atoms with Crippen LogP contribution in [0.5, 0.6) is 0 Å². The van der Waals surface area contributed by atoms with E-state index in [2.05, 4.69) is 0 Å². The first-order valence-corrected chi connectivity index (χ1v) is 6.87. The number of carbonyl (C=O) groups excluding carboxylic acids is 1. The highest BCUT2D eigenvalue weighted by Crippen LogP contribution is 2.25. The lowest BCUT2D eigenvalue weighted by molar-refractivity contribution is -0.137. The number of hydrogen-bond donors (Lipinski definition) is 1. The van der Waals surface area contributed by atoms with E-state index in [4.69, 9.17) is 28.3 Å². The minimum absolute atomic E-state index is 0.107. The van der Waals surface area contributed by atoms with Crippen LogP contribution in [0, 0.1) is 0 Å². The van der Waals surface area contributed by atoms with Gasteiger partial charge in [0.05, 0.1) is 16.5 Å². The lowest BCUT2D eigenvalue weighted by atomic mass is 10.0. The monoisotopic (exact) mass is 317 g/mol. The highest BCUT2D eigenvalue weighted by Gasteiger charge is 2.27. The van der Waals surface area contributed by atoms with Crippen molar-refractivity contribution >= 4 is 35.1 Å². The summed E-state index contributed by atoms with van der Waals surface area (Å²) in [6.07, 6.45) is -0.107. The van der Waals surface area contributed by atoms with Crippen molar-refractivity contribution in [2.24, 2.45) is 0 Å². The zero-order valence-corrected chi connectivity index (χ0v) is 13.1. The van der Waals surface area contributed by atoms with Crippen LogP contribution >= 0.6 is 23.2 Å².